The normalized spacial score (nSPS) is 11.1. The van der Waals surface area contributed by atoms with Gasteiger partial charge in [0.1, 0.15) is 0 Å². The summed E-state index contributed by atoms with van der Waals surface area (Å²) < 4.78 is 0. The van der Waals surface area contributed by atoms with Gasteiger partial charge in [0, 0.05) is 22.6 Å². The van der Waals surface area contributed by atoms with Crippen LogP contribution in [0.3, 0.4) is 0 Å². The van der Waals surface area contributed by atoms with Gasteiger partial charge in [-0.25, -0.2) is 9.97 Å². The van der Waals surface area contributed by atoms with Gasteiger partial charge in [0.25, 0.3) is 11.9 Å². The molecule has 1 amide bonds. The number of aryl methyl sites for hydroxylation is 3. The van der Waals surface area contributed by atoms with Gasteiger partial charge in [0.15, 0.2) is 0 Å². The number of carbonyl (C=O) groups excluding carboxylic acids is 1. The Labute approximate surface area is 158 Å². The van der Waals surface area contributed by atoms with Crippen LogP contribution in [0.1, 0.15) is 27.3 Å². The molecule has 0 aliphatic heterocycles. The maximum atomic E-state index is 12.6. The summed E-state index contributed by atoms with van der Waals surface area (Å²) in [6.07, 6.45) is 0. The largest absolute Gasteiger partial charge is 0.326 e. The minimum atomic E-state index is -0.265. The number of benzene rings is 2. The number of anilines is 1. The second-order valence-electron chi connectivity index (χ2n) is 6.22. The molecule has 1 aromatic heterocycles. The van der Waals surface area contributed by atoms with Crippen molar-refractivity contribution >= 4 is 23.5 Å². The highest BCUT2D eigenvalue weighted by Gasteiger charge is 2.10. The molecule has 2 aromatic carbocycles. The number of hydrogen-bond donors (Lipinski definition) is 2. The maximum absolute atomic E-state index is 12.6. The summed E-state index contributed by atoms with van der Waals surface area (Å²) in [7, 11) is 0. The van der Waals surface area contributed by atoms with Gasteiger partial charge in [-0.1, -0.05) is 35.9 Å². The predicted molar refractivity (Wildman–Crippen MR) is 107 cm³/mol. The molecule has 1 heterocycles. The number of aromatic nitrogens is 2. The highest BCUT2D eigenvalue weighted by molar-refractivity contribution is 6.10. The Morgan fingerprint density at radius 3 is 2.15 bits per heavy atom. The standard InChI is InChI=1S/C21H21N5O/c1-14-9-11-18(12-10-14)24-21(25-19(27)17-7-5-4-6-8-17)26-20-22-15(2)13-16(3)23-20/h4-13H,1-3H3,(H2,22,23,24,25,26,27). The number of hydrogen-bond acceptors (Lipinski definition) is 4. The number of guanidine groups is 1. The molecule has 0 radical (unpaired) electrons. The summed E-state index contributed by atoms with van der Waals surface area (Å²) in [5.74, 6) is 0.284. The van der Waals surface area contributed by atoms with E-state index in [1.54, 1.807) is 12.1 Å². The molecule has 27 heavy (non-hydrogen) atoms. The van der Waals surface area contributed by atoms with Gasteiger partial charge in [0.2, 0.25) is 5.96 Å². The van der Waals surface area contributed by atoms with Crippen molar-refractivity contribution in [2.45, 2.75) is 20.8 Å². The molecule has 2 N–H and O–H groups in total. The molecule has 0 atom stereocenters. The van der Waals surface area contributed by atoms with Crippen LogP contribution in [0.25, 0.3) is 0 Å². The first kappa shape index (κ1) is 18.3. The van der Waals surface area contributed by atoms with Crippen LogP contribution in [-0.4, -0.2) is 21.8 Å². The van der Waals surface area contributed by atoms with E-state index >= 15 is 0 Å². The average molecular weight is 359 g/mol. The van der Waals surface area contributed by atoms with Crippen LogP contribution < -0.4 is 10.6 Å². The molecule has 0 saturated carbocycles. The van der Waals surface area contributed by atoms with Crippen LogP contribution in [0.15, 0.2) is 65.7 Å². The summed E-state index contributed by atoms with van der Waals surface area (Å²) in [5, 5.41) is 5.94. The Morgan fingerprint density at radius 2 is 1.52 bits per heavy atom. The maximum Gasteiger partial charge on any atom is 0.257 e. The van der Waals surface area contributed by atoms with Crippen molar-refractivity contribution < 1.29 is 4.79 Å². The first-order valence-electron chi connectivity index (χ1n) is 8.61. The van der Waals surface area contributed by atoms with E-state index in [1.807, 2.05) is 69.3 Å². The number of nitrogens with one attached hydrogen (secondary N) is 2. The van der Waals surface area contributed by atoms with Crippen molar-refractivity contribution in [2.75, 3.05) is 5.32 Å². The number of amides is 1. The fourth-order valence-electron chi connectivity index (χ4n) is 2.49. The topological polar surface area (TPSA) is 79.3 Å². The molecule has 3 aromatic rings. The number of rotatable bonds is 3. The third-order valence-electron chi connectivity index (χ3n) is 3.76. The first-order chi connectivity index (χ1) is 13.0. The first-order valence-corrected chi connectivity index (χ1v) is 8.61. The van der Waals surface area contributed by atoms with Gasteiger partial charge in [-0.2, -0.15) is 4.99 Å². The lowest BCUT2D eigenvalue weighted by Crippen LogP contribution is -2.35. The average Bonchev–Trinajstić information content (AvgIpc) is 2.63. The van der Waals surface area contributed by atoms with Crippen molar-refractivity contribution in [1.82, 2.24) is 15.3 Å². The van der Waals surface area contributed by atoms with Crippen LogP contribution >= 0.6 is 0 Å². The van der Waals surface area contributed by atoms with Gasteiger partial charge < -0.3 is 5.32 Å². The molecule has 0 spiro atoms. The Kier molecular flexibility index (Phi) is 5.56. The van der Waals surface area contributed by atoms with E-state index in [-0.39, 0.29) is 17.8 Å². The summed E-state index contributed by atoms with van der Waals surface area (Å²) in [4.78, 5) is 25.6. The van der Waals surface area contributed by atoms with Crippen LogP contribution in [0.4, 0.5) is 11.6 Å². The van der Waals surface area contributed by atoms with Gasteiger partial charge in [-0.3, -0.25) is 10.1 Å². The van der Waals surface area contributed by atoms with Crippen molar-refractivity contribution in [3.63, 3.8) is 0 Å². The van der Waals surface area contributed by atoms with Crippen LogP contribution in [0, 0.1) is 20.8 Å². The smallest absolute Gasteiger partial charge is 0.257 e. The second-order valence-corrected chi connectivity index (χ2v) is 6.22. The highest BCUT2D eigenvalue weighted by atomic mass is 16.1. The Bertz CT molecular complexity index is 945. The molecule has 0 aliphatic carbocycles. The lowest BCUT2D eigenvalue weighted by Gasteiger charge is -2.12. The van der Waals surface area contributed by atoms with Gasteiger partial charge in [0.05, 0.1) is 0 Å². The lowest BCUT2D eigenvalue weighted by atomic mass is 10.2. The Hall–Kier alpha value is -3.54. The van der Waals surface area contributed by atoms with E-state index in [0.29, 0.717) is 5.56 Å². The number of nitrogens with zero attached hydrogens (tertiary/aromatic N) is 3. The Balaban J connectivity index is 1.91. The third kappa shape index (κ3) is 5.22. The van der Waals surface area contributed by atoms with Crippen LogP contribution in [-0.2, 0) is 0 Å². The molecule has 6 nitrogen and oxygen atoms in total. The van der Waals surface area contributed by atoms with E-state index in [4.69, 9.17) is 0 Å². The van der Waals surface area contributed by atoms with Gasteiger partial charge in [-0.05, 0) is 51.1 Å². The van der Waals surface area contributed by atoms with E-state index in [0.717, 1.165) is 22.6 Å². The van der Waals surface area contributed by atoms with Crippen molar-refractivity contribution in [3.05, 3.63) is 83.2 Å². The van der Waals surface area contributed by atoms with Crippen molar-refractivity contribution in [1.29, 1.82) is 0 Å². The SMILES string of the molecule is Cc1ccc(NC(=Nc2nc(C)cc(C)n2)NC(=O)c2ccccc2)cc1. The predicted octanol–water partition coefficient (Wildman–Crippen LogP) is 3.93. The zero-order chi connectivity index (χ0) is 19.2. The molecule has 0 unspecified atom stereocenters. The lowest BCUT2D eigenvalue weighted by molar-refractivity contribution is 0.0977. The van der Waals surface area contributed by atoms with Crippen LogP contribution in [0.2, 0.25) is 0 Å². The molecule has 6 heteroatoms. The minimum Gasteiger partial charge on any atom is -0.326 e. The highest BCUT2D eigenvalue weighted by Crippen LogP contribution is 2.11. The van der Waals surface area contributed by atoms with Gasteiger partial charge in [-0.15, -0.1) is 0 Å². The third-order valence-corrected chi connectivity index (χ3v) is 3.76. The summed E-state index contributed by atoms with van der Waals surface area (Å²) in [6, 6.07) is 18.6. The molecule has 0 saturated heterocycles. The molecule has 0 aliphatic rings. The fourth-order valence-corrected chi connectivity index (χ4v) is 2.49. The van der Waals surface area contributed by atoms with Crippen LogP contribution in [0.5, 0.6) is 0 Å². The Morgan fingerprint density at radius 1 is 0.889 bits per heavy atom. The molecular formula is C21H21N5O. The molecule has 136 valence electrons. The quantitative estimate of drug-likeness (QED) is 0.548. The zero-order valence-electron chi connectivity index (χ0n) is 15.5. The fraction of sp³-hybridized carbons (Fsp3) is 0.143. The van der Waals surface area contributed by atoms with Gasteiger partial charge >= 0.3 is 0 Å². The number of aliphatic imine (C=N–C) groups is 1. The van der Waals surface area contributed by atoms with Crippen molar-refractivity contribution in [2.24, 2.45) is 4.99 Å². The van der Waals surface area contributed by atoms with Crippen molar-refractivity contribution in [3.8, 4) is 0 Å². The monoisotopic (exact) mass is 359 g/mol. The second kappa shape index (κ2) is 8.23. The minimum absolute atomic E-state index is 0.262. The zero-order valence-corrected chi connectivity index (χ0v) is 15.5. The number of carbonyl (C=O) groups is 1. The summed E-state index contributed by atoms with van der Waals surface area (Å²) in [6.45, 7) is 5.77. The molecular weight excluding hydrogens is 338 g/mol. The summed E-state index contributed by atoms with van der Waals surface area (Å²) >= 11 is 0. The van der Waals surface area contributed by atoms with E-state index < -0.39 is 0 Å². The van der Waals surface area contributed by atoms with E-state index in [2.05, 4.69) is 25.6 Å². The van der Waals surface area contributed by atoms with E-state index in [1.165, 1.54) is 0 Å². The molecule has 0 bridgehead atoms. The van der Waals surface area contributed by atoms with E-state index in [9.17, 15) is 4.79 Å². The summed E-state index contributed by atoms with van der Waals surface area (Å²) in [5.41, 5.74) is 4.11. The molecule has 3 rings (SSSR count). The molecule has 0 fully saturated rings.